The number of fused-ring (bicyclic) bond motifs is 9. The Labute approximate surface area is 279 Å². The van der Waals surface area contributed by atoms with Crippen molar-refractivity contribution in [2.24, 2.45) is 0 Å². The van der Waals surface area contributed by atoms with E-state index in [0.29, 0.717) is 0 Å². The molecular formula is C44H32N4. The van der Waals surface area contributed by atoms with Crippen LogP contribution in [0.4, 0.5) is 0 Å². The quantitative estimate of drug-likeness (QED) is 0.197. The molecule has 0 spiro atoms. The Morgan fingerprint density at radius 1 is 0.542 bits per heavy atom. The molecule has 4 heteroatoms. The number of aryl methyl sites for hydroxylation is 2. The van der Waals surface area contributed by atoms with Crippen LogP contribution in [0.25, 0.3) is 79.1 Å². The first-order chi connectivity index (χ1) is 23.8. The number of allylic oxidation sites excluding steroid dienone is 2. The average Bonchev–Trinajstić information content (AvgIpc) is 3.75. The van der Waals surface area contributed by atoms with Crippen LogP contribution < -0.4 is 0 Å². The van der Waals surface area contributed by atoms with E-state index in [1.807, 2.05) is 0 Å². The van der Waals surface area contributed by atoms with Crippen molar-refractivity contribution in [1.82, 2.24) is 18.9 Å². The summed E-state index contributed by atoms with van der Waals surface area (Å²) in [6.45, 7) is 0. The molecule has 10 rings (SSSR count). The first-order valence-corrected chi connectivity index (χ1v) is 16.9. The maximum atomic E-state index is 5.12. The summed E-state index contributed by atoms with van der Waals surface area (Å²) in [6.07, 6.45) is 13.2. The third-order valence-electron chi connectivity index (χ3n) is 10.1. The topological polar surface area (TPSA) is 35.1 Å². The fourth-order valence-corrected chi connectivity index (χ4v) is 7.69. The van der Waals surface area contributed by atoms with Gasteiger partial charge < -0.3 is 0 Å². The smallest absolute Gasteiger partial charge is 0.145 e. The van der Waals surface area contributed by atoms with Crippen molar-refractivity contribution in [1.29, 1.82) is 0 Å². The molecule has 5 aromatic carbocycles. The second kappa shape index (κ2) is 10.8. The van der Waals surface area contributed by atoms with Crippen LogP contribution in [0.3, 0.4) is 0 Å². The van der Waals surface area contributed by atoms with Crippen molar-refractivity contribution >= 4 is 39.7 Å². The Morgan fingerprint density at radius 2 is 1.21 bits per heavy atom. The van der Waals surface area contributed by atoms with E-state index in [2.05, 4.69) is 155 Å². The number of aromatic nitrogens is 4. The fourth-order valence-electron chi connectivity index (χ4n) is 7.69. The van der Waals surface area contributed by atoms with Crippen molar-refractivity contribution in [2.45, 2.75) is 25.7 Å². The van der Waals surface area contributed by atoms with Gasteiger partial charge in [0.1, 0.15) is 11.5 Å². The van der Waals surface area contributed by atoms with E-state index in [0.717, 1.165) is 59.4 Å². The van der Waals surface area contributed by atoms with E-state index in [1.165, 1.54) is 55.7 Å². The lowest BCUT2D eigenvalue weighted by Crippen LogP contribution is -2.02. The highest BCUT2D eigenvalue weighted by molar-refractivity contribution is 5.99. The molecule has 48 heavy (non-hydrogen) atoms. The molecule has 2 aliphatic rings. The first kappa shape index (κ1) is 27.1. The second-order valence-electron chi connectivity index (χ2n) is 12.9. The summed E-state index contributed by atoms with van der Waals surface area (Å²) in [5, 5.41) is 1.28. The van der Waals surface area contributed by atoms with Crippen molar-refractivity contribution in [3.8, 4) is 39.3 Å². The molecule has 8 aromatic rings. The number of pyridine rings is 1. The fraction of sp³-hybridized carbons (Fsp3) is 0.0909. The van der Waals surface area contributed by atoms with Crippen LogP contribution in [0.15, 0.2) is 133 Å². The summed E-state index contributed by atoms with van der Waals surface area (Å²) in [4.78, 5) is 10.2. The van der Waals surface area contributed by atoms with Gasteiger partial charge >= 0.3 is 0 Å². The van der Waals surface area contributed by atoms with Crippen LogP contribution >= 0.6 is 0 Å². The Balaban J connectivity index is 1.01. The van der Waals surface area contributed by atoms with E-state index >= 15 is 0 Å². The zero-order valence-corrected chi connectivity index (χ0v) is 26.5. The molecular weight excluding hydrogens is 585 g/mol. The van der Waals surface area contributed by atoms with Crippen LogP contribution in [0.2, 0.25) is 0 Å². The summed E-state index contributed by atoms with van der Waals surface area (Å²) in [7, 11) is 0. The van der Waals surface area contributed by atoms with Crippen LogP contribution in [-0.2, 0) is 12.8 Å². The minimum absolute atomic E-state index is 0.976. The van der Waals surface area contributed by atoms with E-state index in [9.17, 15) is 0 Å². The average molecular weight is 617 g/mol. The molecule has 0 amide bonds. The van der Waals surface area contributed by atoms with Gasteiger partial charge in [-0.3, -0.25) is 8.97 Å². The lowest BCUT2D eigenvalue weighted by molar-refractivity contribution is 0.936. The third-order valence-corrected chi connectivity index (χ3v) is 10.1. The van der Waals surface area contributed by atoms with E-state index in [-0.39, 0.29) is 0 Å². The first-order valence-electron chi connectivity index (χ1n) is 16.9. The number of hydrogen-bond donors (Lipinski definition) is 0. The van der Waals surface area contributed by atoms with Gasteiger partial charge in [0.25, 0.3) is 0 Å². The highest BCUT2D eigenvalue weighted by Gasteiger charge is 2.21. The van der Waals surface area contributed by atoms with E-state index in [1.54, 1.807) is 0 Å². The van der Waals surface area contributed by atoms with Crippen LogP contribution in [0.5, 0.6) is 0 Å². The van der Waals surface area contributed by atoms with Crippen molar-refractivity contribution in [2.75, 3.05) is 0 Å². The largest absolute Gasteiger partial charge is 0.293 e. The molecule has 0 radical (unpaired) electrons. The highest BCUT2D eigenvalue weighted by atomic mass is 15.1. The van der Waals surface area contributed by atoms with Gasteiger partial charge in [-0.15, -0.1) is 0 Å². The summed E-state index contributed by atoms with van der Waals surface area (Å²) >= 11 is 0. The molecule has 0 aliphatic heterocycles. The lowest BCUT2D eigenvalue weighted by Gasteiger charge is -2.17. The van der Waals surface area contributed by atoms with Crippen LogP contribution in [0.1, 0.15) is 35.4 Å². The maximum absolute atomic E-state index is 5.12. The summed E-state index contributed by atoms with van der Waals surface area (Å²) in [6, 6.07) is 43.8. The van der Waals surface area contributed by atoms with Gasteiger partial charge in [0, 0.05) is 22.2 Å². The van der Waals surface area contributed by atoms with Gasteiger partial charge in [0.2, 0.25) is 0 Å². The number of rotatable bonds is 4. The number of para-hydroxylation sites is 3. The third kappa shape index (κ3) is 4.22. The minimum Gasteiger partial charge on any atom is -0.293 e. The number of imidazole rings is 2. The molecule has 0 atom stereocenters. The summed E-state index contributed by atoms with van der Waals surface area (Å²) in [5.74, 6) is 0.993. The molecule has 3 heterocycles. The molecule has 2 aliphatic carbocycles. The van der Waals surface area contributed by atoms with Gasteiger partial charge in [-0.1, -0.05) is 109 Å². The van der Waals surface area contributed by atoms with Crippen molar-refractivity contribution in [3.63, 3.8) is 0 Å². The maximum Gasteiger partial charge on any atom is 0.145 e. The molecule has 0 bridgehead atoms. The molecule has 0 fully saturated rings. The second-order valence-corrected chi connectivity index (χ2v) is 12.9. The van der Waals surface area contributed by atoms with Crippen LogP contribution in [0, 0.1) is 0 Å². The van der Waals surface area contributed by atoms with Gasteiger partial charge in [0.15, 0.2) is 0 Å². The lowest BCUT2D eigenvalue weighted by atomic mass is 9.93. The zero-order valence-electron chi connectivity index (χ0n) is 26.5. The van der Waals surface area contributed by atoms with Crippen LogP contribution in [-0.4, -0.2) is 18.9 Å². The van der Waals surface area contributed by atoms with Gasteiger partial charge in [-0.25, -0.2) is 9.97 Å². The highest BCUT2D eigenvalue weighted by Crippen LogP contribution is 2.37. The molecule has 0 N–H and O–H groups in total. The van der Waals surface area contributed by atoms with Crippen molar-refractivity contribution < 1.29 is 0 Å². The number of nitrogens with zero attached hydrogens (tertiary/aromatic N) is 4. The minimum atomic E-state index is 0.976. The predicted octanol–water partition coefficient (Wildman–Crippen LogP) is 10.7. The summed E-state index contributed by atoms with van der Waals surface area (Å²) < 4.78 is 4.67. The molecule has 0 unspecified atom stereocenters. The number of benzene rings is 5. The van der Waals surface area contributed by atoms with Gasteiger partial charge in [0.05, 0.1) is 27.9 Å². The van der Waals surface area contributed by atoms with E-state index < -0.39 is 0 Å². The Hall–Kier alpha value is -6.00. The number of hydrogen-bond acceptors (Lipinski definition) is 2. The SMILES string of the molecule is C1=Cc2c(nc(-c3ccc(-c4ccc(-c5ccc6c7c(c8nc9ccccc9n8c6c5)CCC=C7)cc4)cc3)n2-c2ccccc2)CC1. The Bertz CT molecular complexity index is 2580. The monoisotopic (exact) mass is 616 g/mol. The molecule has 4 nitrogen and oxygen atoms in total. The Kier molecular flexibility index (Phi) is 6.10. The van der Waals surface area contributed by atoms with Gasteiger partial charge in [-0.2, -0.15) is 0 Å². The molecule has 228 valence electrons. The predicted molar refractivity (Wildman–Crippen MR) is 198 cm³/mol. The normalized spacial score (nSPS) is 13.8. The molecule has 0 saturated carbocycles. The standard InChI is InChI=1S/C44H32N4/c1-2-10-34(11-3-1)47-40-16-8-6-14-38(40)45-43(47)32-24-22-30(23-25-32)29-18-20-31(21-19-29)33-26-27-36-35-12-4-5-13-37(35)44-46-39-15-7-9-17-41(39)48(44)42(36)28-33/h1-4,7-12,15-28H,5-6,13-14H2. The summed E-state index contributed by atoms with van der Waals surface area (Å²) in [5.41, 5.74) is 16.6. The zero-order chi connectivity index (χ0) is 31.6. The molecule has 3 aromatic heterocycles. The Morgan fingerprint density at radius 3 is 2.02 bits per heavy atom. The molecule has 0 saturated heterocycles. The van der Waals surface area contributed by atoms with Crippen molar-refractivity contribution in [3.05, 3.63) is 156 Å². The van der Waals surface area contributed by atoms with Gasteiger partial charge in [-0.05, 0) is 89.9 Å². The van der Waals surface area contributed by atoms with E-state index in [4.69, 9.17) is 9.97 Å².